The van der Waals surface area contributed by atoms with Crippen molar-refractivity contribution in [2.75, 3.05) is 33.5 Å². The lowest BCUT2D eigenvalue weighted by Crippen LogP contribution is -2.08. The van der Waals surface area contributed by atoms with Gasteiger partial charge in [-0.15, -0.1) is 0 Å². The number of aromatic nitrogens is 1. The van der Waals surface area contributed by atoms with Crippen LogP contribution in [0.3, 0.4) is 0 Å². The molecule has 0 aliphatic rings. The Morgan fingerprint density at radius 3 is 2.87 bits per heavy atom. The zero-order chi connectivity index (χ0) is 10.9. The molecule has 0 saturated heterocycles. The van der Waals surface area contributed by atoms with Gasteiger partial charge >= 0.3 is 0 Å². The SMILES string of the molecule is COCCCOCCOc1nc(Br)cs1. The molecule has 86 valence electrons. The molecule has 4 nitrogen and oxygen atoms in total. The van der Waals surface area contributed by atoms with Gasteiger partial charge in [0.2, 0.25) is 0 Å². The lowest BCUT2D eigenvalue weighted by molar-refractivity contribution is 0.0805. The highest BCUT2D eigenvalue weighted by molar-refractivity contribution is 9.10. The molecular formula is C9H14BrNO3S. The average molecular weight is 296 g/mol. The van der Waals surface area contributed by atoms with Gasteiger partial charge in [-0.25, -0.2) is 0 Å². The minimum Gasteiger partial charge on any atom is -0.468 e. The van der Waals surface area contributed by atoms with Crippen molar-refractivity contribution in [3.63, 3.8) is 0 Å². The van der Waals surface area contributed by atoms with E-state index in [4.69, 9.17) is 14.2 Å². The molecule has 0 aliphatic carbocycles. The Morgan fingerprint density at radius 2 is 2.20 bits per heavy atom. The summed E-state index contributed by atoms with van der Waals surface area (Å²) in [7, 11) is 1.68. The molecule has 15 heavy (non-hydrogen) atoms. The number of hydrogen-bond acceptors (Lipinski definition) is 5. The first kappa shape index (κ1) is 12.9. The van der Waals surface area contributed by atoms with Crippen LogP contribution < -0.4 is 4.74 Å². The third-order valence-electron chi connectivity index (χ3n) is 1.55. The molecule has 0 aromatic carbocycles. The average Bonchev–Trinajstić information content (AvgIpc) is 2.63. The largest absolute Gasteiger partial charge is 0.468 e. The summed E-state index contributed by atoms with van der Waals surface area (Å²) < 4.78 is 16.4. The van der Waals surface area contributed by atoms with E-state index in [2.05, 4.69) is 20.9 Å². The minimum atomic E-state index is 0.535. The van der Waals surface area contributed by atoms with E-state index < -0.39 is 0 Å². The van der Waals surface area contributed by atoms with Crippen LogP contribution in [-0.4, -0.2) is 38.5 Å². The highest BCUT2D eigenvalue weighted by atomic mass is 79.9. The van der Waals surface area contributed by atoms with Crippen molar-refractivity contribution in [2.45, 2.75) is 6.42 Å². The monoisotopic (exact) mass is 295 g/mol. The van der Waals surface area contributed by atoms with Crippen LogP contribution in [0.15, 0.2) is 9.98 Å². The molecule has 6 heteroatoms. The van der Waals surface area contributed by atoms with Crippen molar-refractivity contribution in [2.24, 2.45) is 0 Å². The summed E-state index contributed by atoms with van der Waals surface area (Å²) in [4.78, 5) is 4.10. The molecule has 0 radical (unpaired) electrons. The van der Waals surface area contributed by atoms with Crippen LogP contribution in [0.25, 0.3) is 0 Å². The number of methoxy groups -OCH3 is 1. The van der Waals surface area contributed by atoms with Gasteiger partial charge < -0.3 is 14.2 Å². The van der Waals surface area contributed by atoms with Crippen molar-refractivity contribution in [1.82, 2.24) is 4.98 Å². The standard InChI is InChI=1S/C9H14BrNO3S/c1-12-3-2-4-13-5-6-14-9-11-8(10)7-15-9/h7H,2-6H2,1H3. The molecule has 1 heterocycles. The lowest BCUT2D eigenvalue weighted by Gasteiger charge is -2.04. The van der Waals surface area contributed by atoms with Gasteiger partial charge in [0.25, 0.3) is 5.19 Å². The zero-order valence-electron chi connectivity index (χ0n) is 8.57. The van der Waals surface area contributed by atoms with Crippen LogP contribution in [0.1, 0.15) is 6.42 Å². The molecular weight excluding hydrogens is 282 g/mol. The smallest absolute Gasteiger partial charge is 0.274 e. The summed E-state index contributed by atoms with van der Waals surface area (Å²) in [6.07, 6.45) is 0.916. The van der Waals surface area contributed by atoms with Crippen molar-refractivity contribution >= 4 is 27.3 Å². The van der Waals surface area contributed by atoms with Crippen LogP contribution in [0, 0.1) is 0 Å². The minimum absolute atomic E-state index is 0.535. The quantitative estimate of drug-likeness (QED) is 0.690. The molecule has 0 spiro atoms. The van der Waals surface area contributed by atoms with E-state index in [1.54, 1.807) is 7.11 Å². The molecule has 1 aromatic rings. The van der Waals surface area contributed by atoms with Gasteiger partial charge in [-0.1, -0.05) is 11.3 Å². The van der Waals surface area contributed by atoms with E-state index in [0.717, 1.165) is 17.6 Å². The number of halogens is 1. The molecule has 1 aromatic heterocycles. The van der Waals surface area contributed by atoms with Crippen molar-refractivity contribution in [1.29, 1.82) is 0 Å². The fourth-order valence-corrected chi connectivity index (χ4v) is 2.01. The Kier molecular flexibility index (Phi) is 6.91. The first-order chi connectivity index (χ1) is 7.33. The van der Waals surface area contributed by atoms with Gasteiger partial charge in [-0.3, -0.25) is 0 Å². The molecule has 1 rings (SSSR count). The summed E-state index contributed by atoms with van der Waals surface area (Å²) in [6, 6.07) is 0. The molecule has 0 fully saturated rings. The first-order valence-corrected chi connectivity index (χ1v) is 6.30. The van der Waals surface area contributed by atoms with E-state index in [0.29, 0.717) is 25.0 Å². The predicted octanol–water partition coefficient (Wildman–Crippen LogP) is 2.34. The first-order valence-electron chi connectivity index (χ1n) is 4.63. The van der Waals surface area contributed by atoms with Gasteiger partial charge in [0, 0.05) is 25.7 Å². The van der Waals surface area contributed by atoms with Gasteiger partial charge in [0.1, 0.15) is 11.2 Å². The second-order valence-corrected chi connectivity index (χ2v) is 4.38. The summed E-state index contributed by atoms with van der Waals surface area (Å²) in [5.41, 5.74) is 0. The topological polar surface area (TPSA) is 40.6 Å². The number of nitrogens with zero attached hydrogens (tertiary/aromatic N) is 1. The third kappa shape index (κ3) is 6.09. The van der Waals surface area contributed by atoms with E-state index >= 15 is 0 Å². The van der Waals surface area contributed by atoms with Crippen molar-refractivity contribution in [3.8, 4) is 5.19 Å². The highest BCUT2D eigenvalue weighted by Gasteiger charge is 1.99. The van der Waals surface area contributed by atoms with Crippen LogP contribution in [0.5, 0.6) is 5.19 Å². The third-order valence-corrected chi connectivity index (χ3v) is 3.01. The van der Waals surface area contributed by atoms with E-state index in [9.17, 15) is 0 Å². The van der Waals surface area contributed by atoms with Crippen LogP contribution >= 0.6 is 27.3 Å². The van der Waals surface area contributed by atoms with Crippen LogP contribution in [-0.2, 0) is 9.47 Å². The molecule has 0 saturated carbocycles. The molecule has 0 amide bonds. The van der Waals surface area contributed by atoms with Crippen LogP contribution in [0.2, 0.25) is 0 Å². The number of ether oxygens (including phenoxy) is 3. The molecule has 0 aliphatic heterocycles. The van der Waals surface area contributed by atoms with Crippen molar-refractivity contribution in [3.05, 3.63) is 9.98 Å². The van der Waals surface area contributed by atoms with Crippen molar-refractivity contribution < 1.29 is 14.2 Å². The van der Waals surface area contributed by atoms with Gasteiger partial charge in [0.15, 0.2) is 0 Å². The second kappa shape index (κ2) is 8.04. The summed E-state index contributed by atoms with van der Waals surface area (Å²) in [6.45, 7) is 2.56. The Labute approximate surface area is 102 Å². The van der Waals surface area contributed by atoms with E-state index in [-0.39, 0.29) is 0 Å². The fraction of sp³-hybridized carbons (Fsp3) is 0.667. The van der Waals surface area contributed by atoms with E-state index in [1.165, 1.54) is 11.3 Å². The maximum atomic E-state index is 5.35. The number of thiazole rings is 1. The van der Waals surface area contributed by atoms with Gasteiger partial charge in [0.05, 0.1) is 6.61 Å². The highest BCUT2D eigenvalue weighted by Crippen LogP contribution is 2.21. The fourth-order valence-electron chi connectivity index (χ4n) is 0.901. The summed E-state index contributed by atoms with van der Waals surface area (Å²) >= 11 is 4.72. The number of rotatable bonds is 8. The maximum Gasteiger partial charge on any atom is 0.274 e. The van der Waals surface area contributed by atoms with Crippen LogP contribution in [0.4, 0.5) is 0 Å². The molecule has 0 bridgehead atoms. The van der Waals surface area contributed by atoms with Gasteiger partial charge in [-0.2, -0.15) is 4.98 Å². The Balaban J connectivity index is 1.93. The maximum absolute atomic E-state index is 5.35. The molecule has 0 atom stereocenters. The Bertz CT molecular complexity index is 270. The Morgan fingerprint density at radius 1 is 1.33 bits per heavy atom. The van der Waals surface area contributed by atoms with Gasteiger partial charge in [-0.05, 0) is 22.4 Å². The zero-order valence-corrected chi connectivity index (χ0v) is 11.0. The Hall–Kier alpha value is -0.170. The summed E-state index contributed by atoms with van der Waals surface area (Å²) in [5, 5.41) is 2.55. The lowest BCUT2D eigenvalue weighted by atomic mass is 10.5. The van der Waals surface area contributed by atoms with E-state index in [1.807, 2.05) is 5.38 Å². The molecule has 0 N–H and O–H groups in total. The normalized spacial score (nSPS) is 10.5. The number of hydrogen-bond donors (Lipinski definition) is 0. The predicted molar refractivity (Wildman–Crippen MR) is 62.6 cm³/mol. The molecule has 0 unspecified atom stereocenters. The summed E-state index contributed by atoms with van der Waals surface area (Å²) in [5.74, 6) is 0. The second-order valence-electron chi connectivity index (χ2n) is 2.74.